The minimum Gasteiger partial charge on any atom is -0.350 e. The maximum Gasteiger partial charge on any atom is 0.270 e. The molecule has 0 fully saturated rings. The normalized spacial score (nSPS) is 10.4. The van der Waals surface area contributed by atoms with Gasteiger partial charge in [0.25, 0.3) is 5.91 Å². The first-order valence-electron chi connectivity index (χ1n) is 6.40. The molecule has 0 aliphatic rings. The van der Waals surface area contributed by atoms with Crippen molar-refractivity contribution < 1.29 is 9.59 Å². The summed E-state index contributed by atoms with van der Waals surface area (Å²) >= 11 is 1.39. The molecule has 2 aromatic rings. The molecule has 0 atom stereocenters. The van der Waals surface area contributed by atoms with Crippen molar-refractivity contribution in [2.24, 2.45) is 7.05 Å². The standard InChI is InChI=1S/C13H17N5O2S/c1-17(2)11(19)4-5-14-12(20)10-8-21-13(16-10)9-6-15-18(3)7-9/h6-8H,4-5H2,1-3H3,(H,14,20). The van der Waals surface area contributed by atoms with E-state index in [2.05, 4.69) is 15.4 Å². The van der Waals surface area contributed by atoms with Crippen LogP contribution < -0.4 is 5.32 Å². The van der Waals surface area contributed by atoms with Gasteiger partial charge in [-0.05, 0) is 0 Å². The number of nitrogens with zero attached hydrogens (tertiary/aromatic N) is 4. The average Bonchev–Trinajstić information content (AvgIpc) is 3.06. The van der Waals surface area contributed by atoms with Crippen LogP contribution in [0.1, 0.15) is 16.9 Å². The predicted octanol–water partition coefficient (Wildman–Crippen LogP) is 0.752. The molecular weight excluding hydrogens is 290 g/mol. The summed E-state index contributed by atoms with van der Waals surface area (Å²) in [5.41, 5.74) is 1.24. The Balaban J connectivity index is 1.92. The predicted molar refractivity (Wildman–Crippen MR) is 80.0 cm³/mol. The quantitative estimate of drug-likeness (QED) is 0.884. The van der Waals surface area contributed by atoms with Gasteiger partial charge in [0.15, 0.2) is 0 Å². The average molecular weight is 307 g/mol. The molecular formula is C13H17N5O2S. The number of aromatic nitrogens is 3. The van der Waals surface area contributed by atoms with E-state index >= 15 is 0 Å². The zero-order chi connectivity index (χ0) is 15.4. The second kappa shape index (κ2) is 6.49. The third-order valence-corrected chi connectivity index (χ3v) is 3.70. The minimum absolute atomic E-state index is 0.0235. The smallest absolute Gasteiger partial charge is 0.270 e. The summed E-state index contributed by atoms with van der Waals surface area (Å²) in [5.74, 6) is -0.294. The van der Waals surface area contributed by atoms with Crippen LogP contribution in [0.5, 0.6) is 0 Å². The topological polar surface area (TPSA) is 80.1 Å². The SMILES string of the molecule is CN(C)C(=O)CCNC(=O)c1csc(-c2cnn(C)c2)n1. The van der Waals surface area contributed by atoms with Crippen molar-refractivity contribution in [2.45, 2.75) is 6.42 Å². The van der Waals surface area contributed by atoms with E-state index in [1.807, 2.05) is 13.2 Å². The molecule has 0 aromatic carbocycles. The van der Waals surface area contributed by atoms with Crippen molar-refractivity contribution in [2.75, 3.05) is 20.6 Å². The lowest BCUT2D eigenvalue weighted by Crippen LogP contribution is -2.30. The van der Waals surface area contributed by atoms with E-state index in [0.717, 1.165) is 10.6 Å². The van der Waals surface area contributed by atoms with Crippen molar-refractivity contribution in [3.63, 3.8) is 0 Å². The Bertz CT molecular complexity index is 647. The Morgan fingerprint density at radius 2 is 2.19 bits per heavy atom. The minimum atomic E-state index is -0.270. The van der Waals surface area contributed by atoms with E-state index < -0.39 is 0 Å². The van der Waals surface area contributed by atoms with Crippen LogP contribution in [-0.4, -0.2) is 52.1 Å². The monoisotopic (exact) mass is 307 g/mol. The van der Waals surface area contributed by atoms with Crippen molar-refractivity contribution in [1.82, 2.24) is 25.0 Å². The zero-order valence-electron chi connectivity index (χ0n) is 12.2. The van der Waals surface area contributed by atoms with Crippen LogP contribution in [-0.2, 0) is 11.8 Å². The molecule has 2 heterocycles. The first kappa shape index (κ1) is 15.2. The summed E-state index contributed by atoms with van der Waals surface area (Å²) in [6, 6.07) is 0. The lowest BCUT2D eigenvalue weighted by atomic mass is 10.3. The number of hydrogen-bond donors (Lipinski definition) is 1. The lowest BCUT2D eigenvalue weighted by molar-refractivity contribution is -0.128. The van der Waals surface area contributed by atoms with Crippen LogP contribution >= 0.6 is 11.3 Å². The van der Waals surface area contributed by atoms with Crippen LogP contribution in [0.3, 0.4) is 0 Å². The molecule has 0 aliphatic carbocycles. The van der Waals surface area contributed by atoms with E-state index in [4.69, 9.17) is 0 Å². The molecule has 0 aliphatic heterocycles. The van der Waals surface area contributed by atoms with Crippen molar-refractivity contribution >= 4 is 23.2 Å². The van der Waals surface area contributed by atoms with Crippen molar-refractivity contribution in [3.8, 4) is 10.6 Å². The van der Waals surface area contributed by atoms with Crippen LogP contribution in [0.2, 0.25) is 0 Å². The number of amides is 2. The fourth-order valence-corrected chi connectivity index (χ4v) is 2.41. The summed E-state index contributed by atoms with van der Waals surface area (Å²) in [6.07, 6.45) is 3.82. The van der Waals surface area contributed by atoms with Gasteiger partial charge in [0.2, 0.25) is 5.91 Å². The maximum absolute atomic E-state index is 11.9. The Morgan fingerprint density at radius 3 is 2.81 bits per heavy atom. The van der Waals surface area contributed by atoms with Gasteiger partial charge in [-0.3, -0.25) is 14.3 Å². The molecule has 0 saturated heterocycles. The molecule has 2 amide bonds. The highest BCUT2D eigenvalue weighted by Gasteiger charge is 2.13. The Labute approximate surface area is 126 Å². The molecule has 1 N–H and O–H groups in total. The number of rotatable bonds is 5. The van der Waals surface area contributed by atoms with E-state index in [9.17, 15) is 9.59 Å². The molecule has 0 bridgehead atoms. The van der Waals surface area contributed by atoms with Crippen molar-refractivity contribution in [1.29, 1.82) is 0 Å². The molecule has 0 saturated carbocycles. The highest BCUT2D eigenvalue weighted by molar-refractivity contribution is 7.13. The Hall–Kier alpha value is -2.22. The number of carbonyl (C=O) groups is 2. The summed E-state index contributed by atoms with van der Waals surface area (Å²) in [7, 11) is 5.20. The summed E-state index contributed by atoms with van der Waals surface area (Å²) in [5, 5.41) is 9.21. The fourth-order valence-electron chi connectivity index (χ4n) is 1.64. The van der Waals surface area contributed by atoms with Crippen LogP contribution in [0.25, 0.3) is 10.6 Å². The number of hydrogen-bond acceptors (Lipinski definition) is 5. The van der Waals surface area contributed by atoms with Gasteiger partial charge in [-0.2, -0.15) is 5.10 Å². The van der Waals surface area contributed by atoms with Gasteiger partial charge in [0.05, 0.1) is 6.20 Å². The third-order valence-electron chi connectivity index (χ3n) is 2.81. The molecule has 7 nitrogen and oxygen atoms in total. The molecule has 2 rings (SSSR count). The first-order chi connectivity index (χ1) is 9.97. The van der Waals surface area contributed by atoms with Gasteiger partial charge >= 0.3 is 0 Å². The first-order valence-corrected chi connectivity index (χ1v) is 7.28. The molecule has 0 radical (unpaired) electrons. The van der Waals surface area contributed by atoms with Gasteiger partial charge in [0.1, 0.15) is 10.7 Å². The summed E-state index contributed by atoms with van der Waals surface area (Å²) in [4.78, 5) is 29.1. The zero-order valence-corrected chi connectivity index (χ0v) is 13.0. The number of thiazole rings is 1. The van der Waals surface area contributed by atoms with Crippen LogP contribution in [0.4, 0.5) is 0 Å². The third kappa shape index (κ3) is 3.88. The van der Waals surface area contributed by atoms with E-state index in [0.29, 0.717) is 12.2 Å². The van der Waals surface area contributed by atoms with E-state index in [1.165, 1.54) is 16.2 Å². The Morgan fingerprint density at radius 1 is 1.43 bits per heavy atom. The molecule has 0 unspecified atom stereocenters. The Kier molecular flexibility index (Phi) is 4.69. The highest BCUT2D eigenvalue weighted by atomic mass is 32.1. The maximum atomic E-state index is 11.9. The molecule has 112 valence electrons. The molecule has 0 spiro atoms. The second-order valence-corrected chi connectivity index (χ2v) is 5.59. The van der Waals surface area contributed by atoms with Gasteiger partial charge < -0.3 is 10.2 Å². The highest BCUT2D eigenvalue weighted by Crippen LogP contribution is 2.22. The summed E-state index contributed by atoms with van der Waals surface area (Å²) < 4.78 is 1.68. The van der Waals surface area contributed by atoms with E-state index in [1.54, 1.807) is 30.4 Å². The van der Waals surface area contributed by atoms with E-state index in [-0.39, 0.29) is 18.2 Å². The number of carbonyl (C=O) groups excluding carboxylic acids is 2. The molecule has 8 heteroatoms. The molecule has 21 heavy (non-hydrogen) atoms. The second-order valence-electron chi connectivity index (χ2n) is 4.73. The summed E-state index contributed by atoms with van der Waals surface area (Å²) in [6.45, 7) is 0.301. The molecule has 2 aromatic heterocycles. The van der Waals surface area contributed by atoms with Crippen LogP contribution in [0.15, 0.2) is 17.8 Å². The number of aryl methyl sites for hydroxylation is 1. The van der Waals surface area contributed by atoms with Gasteiger partial charge in [-0.1, -0.05) is 0 Å². The van der Waals surface area contributed by atoms with Gasteiger partial charge in [-0.15, -0.1) is 11.3 Å². The number of nitrogens with one attached hydrogen (secondary N) is 1. The van der Waals surface area contributed by atoms with Gasteiger partial charge in [-0.25, -0.2) is 4.98 Å². The van der Waals surface area contributed by atoms with Gasteiger partial charge in [0, 0.05) is 51.2 Å². The van der Waals surface area contributed by atoms with Crippen molar-refractivity contribution in [3.05, 3.63) is 23.5 Å². The lowest BCUT2D eigenvalue weighted by Gasteiger charge is -2.09. The van der Waals surface area contributed by atoms with Crippen LogP contribution in [0, 0.1) is 0 Å². The largest absolute Gasteiger partial charge is 0.350 e. The fraction of sp³-hybridized carbons (Fsp3) is 0.385.